The molecule has 0 bridgehead atoms. The molecule has 0 aromatic rings. The Morgan fingerprint density at radius 1 is 1.75 bits per heavy atom. The van der Waals surface area contributed by atoms with Crippen LogP contribution >= 0.6 is 0 Å². The molecular formula is C7H6O. The monoisotopic (exact) mass is 106 g/mol. The van der Waals surface area contributed by atoms with Gasteiger partial charge >= 0.3 is 0 Å². The van der Waals surface area contributed by atoms with Gasteiger partial charge in [0.25, 0.3) is 0 Å². The highest BCUT2D eigenvalue weighted by molar-refractivity contribution is 5.28. The lowest BCUT2D eigenvalue weighted by atomic mass is 10.1. The summed E-state index contributed by atoms with van der Waals surface area (Å²) in [4.78, 5) is 0. The second-order valence-corrected chi connectivity index (χ2v) is 1.68. The Kier molecular flexibility index (Phi) is 1.20. The third-order valence-electron chi connectivity index (χ3n) is 1.02. The van der Waals surface area contributed by atoms with Crippen molar-refractivity contribution < 1.29 is 5.11 Å². The van der Waals surface area contributed by atoms with E-state index in [4.69, 9.17) is 0 Å². The van der Waals surface area contributed by atoms with E-state index >= 15 is 0 Å². The summed E-state index contributed by atoms with van der Waals surface area (Å²) in [6.45, 7) is 3.53. The van der Waals surface area contributed by atoms with Gasteiger partial charge in [0.2, 0.25) is 0 Å². The maximum absolute atomic E-state index is 10.5. The molecule has 0 unspecified atom stereocenters. The lowest BCUT2D eigenvalue weighted by molar-refractivity contribution is 0.304. The van der Waals surface area contributed by atoms with Gasteiger partial charge in [-0.25, -0.2) is 0 Å². The van der Waals surface area contributed by atoms with Gasteiger partial charge < -0.3 is 0 Å². The van der Waals surface area contributed by atoms with Crippen LogP contribution in [-0.2, 0) is 5.11 Å². The SMILES string of the molecule is C=C1CC=C[C]=C1[O]. The summed E-state index contributed by atoms with van der Waals surface area (Å²) in [6, 6.07) is 0. The van der Waals surface area contributed by atoms with E-state index in [1.165, 1.54) is 0 Å². The Balaban J connectivity index is 2.80. The van der Waals surface area contributed by atoms with Crippen LogP contribution in [0.1, 0.15) is 6.42 Å². The first-order valence-corrected chi connectivity index (χ1v) is 2.44. The average molecular weight is 106 g/mol. The molecule has 0 aromatic heterocycles. The molecule has 0 saturated heterocycles. The van der Waals surface area contributed by atoms with E-state index in [9.17, 15) is 5.11 Å². The number of hydrogen-bond acceptors (Lipinski definition) is 0. The molecule has 1 aliphatic carbocycles. The van der Waals surface area contributed by atoms with Crippen molar-refractivity contribution in [1.82, 2.24) is 0 Å². The third kappa shape index (κ3) is 0.808. The fourth-order valence-corrected chi connectivity index (χ4v) is 0.531. The van der Waals surface area contributed by atoms with Crippen molar-refractivity contribution >= 4 is 0 Å². The Labute approximate surface area is 48.6 Å². The highest BCUT2D eigenvalue weighted by Crippen LogP contribution is 2.13. The molecule has 0 aliphatic heterocycles. The Bertz CT molecular complexity index is 163. The van der Waals surface area contributed by atoms with Gasteiger partial charge in [-0.3, -0.25) is 5.11 Å². The summed E-state index contributed by atoms with van der Waals surface area (Å²) < 4.78 is 0. The molecule has 0 aromatic carbocycles. The maximum atomic E-state index is 10.5. The molecule has 2 radical (unpaired) electrons. The average Bonchev–Trinajstić information content (AvgIpc) is 1.77. The number of allylic oxidation sites excluding steroid dienone is 4. The van der Waals surface area contributed by atoms with Crippen molar-refractivity contribution in [3.05, 3.63) is 36.1 Å². The summed E-state index contributed by atoms with van der Waals surface area (Å²) in [5.74, 6) is -0.0625. The topological polar surface area (TPSA) is 19.9 Å². The van der Waals surface area contributed by atoms with Crippen molar-refractivity contribution in [2.45, 2.75) is 6.42 Å². The van der Waals surface area contributed by atoms with Gasteiger partial charge in [0.05, 0.1) is 0 Å². The minimum absolute atomic E-state index is 0.0625. The van der Waals surface area contributed by atoms with Crippen LogP contribution in [0.4, 0.5) is 0 Å². The summed E-state index contributed by atoms with van der Waals surface area (Å²) in [7, 11) is 0. The minimum atomic E-state index is -0.0625. The molecule has 0 saturated carbocycles. The molecule has 0 atom stereocenters. The zero-order chi connectivity index (χ0) is 5.98. The molecular weight excluding hydrogens is 100 g/mol. The van der Waals surface area contributed by atoms with Crippen LogP contribution in [0.5, 0.6) is 0 Å². The number of rotatable bonds is 0. The third-order valence-corrected chi connectivity index (χ3v) is 1.02. The molecule has 0 spiro atoms. The Hall–Kier alpha value is -0.980. The lowest BCUT2D eigenvalue weighted by Crippen LogP contribution is -1.86. The van der Waals surface area contributed by atoms with E-state index in [0.717, 1.165) is 0 Å². The van der Waals surface area contributed by atoms with Gasteiger partial charge in [0.15, 0.2) is 5.76 Å². The fraction of sp³-hybridized carbons (Fsp3) is 0.143. The van der Waals surface area contributed by atoms with E-state index in [1.54, 1.807) is 6.08 Å². The van der Waals surface area contributed by atoms with Crippen LogP contribution in [0.15, 0.2) is 30.1 Å². The van der Waals surface area contributed by atoms with Crippen LogP contribution < -0.4 is 0 Å². The molecule has 1 heteroatoms. The zero-order valence-corrected chi connectivity index (χ0v) is 4.48. The Morgan fingerprint density at radius 3 is 2.88 bits per heavy atom. The normalized spacial score (nSPS) is 18.5. The predicted octanol–water partition coefficient (Wildman–Crippen LogP) is 1.62. The molecule has 1 aliphatic rings. The van der Waals surface area contributed by atoms with Crippen LogP contribution in [-0.4, -0.2) is 0 Å². The second kappa shape index (κ2) is 1.86. The highest BCUT2D eigenvalue weighted by Gasteiger charge is 2.02. The molecule has 0 fully saturated rings. The standard InChI is InChI=1S/C7H6O/c1-6-4-2-3-5-7(6)8/h2-3H,1,4H2. The fourth-order valence-electron chi connectivity index (χ4n) is 0.531. The van der Waals surface area contributed by atoms with Gasteiger partial charge in [0, 0.05) is 6.08 Å². The van der Waals surface area contributed by atoms with E-state index in [1.807, 2.05) is 6.08 Å². The minimum Gasteiger partial charge on any atom is -0.289 e. The summed E-state index contributed by atoms with van der Waals surface area (Å²) >= 11 is 0. The van der Waals surface area contributed by atoms with Gasteiger partial charge in [0.1, 0.15) is 0 Å². The first kappa shape index (κ1) is 5.16. The quantitative estimate of drug-likeness (QED) is 0.447. The smallest absolute Gasteiger partial charge is 0.189 e. The maximum Gasteiger partial charge on any atom is 0.189 e. The highest BCUT2D eigenvalue weighted by atomic mass is 16.3. The van der Waals surface area contributed by atoms with Crippen molar-refractivity contribution in [2.75, 3.05) is 0 Å². The van der Waals surface area contributed by atoms with Crippen LogP contribution in [0.2, 0.25) is 0 Å². The van der Waals surface area contributed by atoms with Gasteiger partial charge in [-0.15, -0.1) is 0 Å². The predicted molar refractivity (Wildman–Crippen MR) is 30.3 cm³/mol. The first-order valence-electron chi connectivity index (χ1n) is 2.44. The van der Waals surface area contributed by atoms with Crippen LogP contribution in [0.25, 0.3) is 0 Å². The molecule has 0 heterocycles. The van der Waals surface area contributed by atoms with E-state index < -0.39 is 0 Å². The molecule has 0 N–H and O–H groups in total. The van der Waals surface area contributed by atoms with Crippen LogP contribution in [0, 0.1) is 6.08 Å². The van der Waals surface area contributed by atoms with Crippen molar-refractivity contribution in [1.29, 1.82) is 0 Å². The first-order chi connectivity index (χ1) is 3.80. The van der Waals surface area contributed by atoms with Crippen molar-refractivity contribution in [2.24, 2.45) is 0 Å². The summed E-state index contributed by atoms with van der Waals surface area (Å²) in [5, 5.41) is 10.5. The van der Waals surface area contributed by atoms with E-state index in [0.29, 0.717) is 12.0 Å². The molecule has 1 rings (SSSR count). The van der Waals surface area contributed by atoms with Crippen molar-refractivity contribution in [3.8, 4) is 0 Å². The van der Waals surface area contributed by atoms with Crippen LogP contribution in [0.3, 0.4) is 0 Å². The molecule has 40 valence electrons. The molecule has 0 amide bonds. The van der Waals surface area contributed by atoms with Crippen molar-refractivity contribution in [3.63, 3.8) is 0 Å². The van der Waals surface area contributed by atoms with Gasteiger partial charge in [-0.1, -0.05) is 18.7 Å². The molecule has 8 heavy (non-hydrogen) atoms. The molecule has 1 nitrogen and oxygen atoms in total. The largest absolute Gasteiger partial charge is 0.289 e. The zero-order valence-electron chi connectivity index (χ0n) is 4.48. The van der Waals surface area contributed by atoms with E-state index in [-0.39, 0.29) is 5.76 Å². The lowest BCUT2D eigenvalue weighted by Gasteiger charge is -1.98. The van der Waals surface area contributed by atoms with Gasteiger partial charge in [-0.05, 0) is 12.0 Å². The summed E-state index contributed by atoms with van der Waals surface area (Å²) in [6.07, 6.45) is 6.70. The number of hydrogen-bond donors (Lipinski definition) is 0. The van der Waals surface area contributed by atoms with E-state index in [2.05, 4.69) is 12.7 Å². The summed E-state index contributed by atoms with van der Waals surface area (Å²) in [5.41, 5.74) is 0.632. The second-order valence-electron chi connectivity index (χ2n) is 1.68. The van der Waals surface area contributed by atoms with Gasteiger partial charge in [-0.2, -0.15) is 0 Å². The Morgan fingerprint density at radius 2 is 2.50 bits per heavy atom.